The van der Waals surface area contributed by atoms with Crippen LogP contribution in [0.3, 0.4) is 0 Å². The van der Waals surface area contributed by atoms with Gasteiger partial charge < -0.3 is 0 Å². The van der Waals surface area contributed by atoms with Gasteiger partial charge in [0.1, 0.15) is 0 Å². The summed E-state index contributed by atoms with van der Waals surface area (Å²) in [7, 11) is 0. The Balaban J connectivity index is 2.07. The summed E-state index contributed by atoms with van der Waals surface area (Å²) in [5.74, 6) is 0.995. The molecule has 3 unspecified atom stereocenters. The molecule has 0 radical (unpaired) electrons. The summed E-state index contributed by atoms with van der Waals surface area (Å²) in [5.41, 5.74) is 18.0. The highest BCUT2D eigenvalue weighted by Gasteiger charge is 2.69. The lowest BCUT2D eigenvalue weighted by Gasteiger charge is -2.72. The molecule has 0 fully saturated rings. The molecule has 0 heteroatoms. The molecule has 0 nitrogen and oxygen atoms in total. The Morgan fingerprint density at radius 3 is 1.20 bits per heavy atom. The monoisotopic (exact) mass is 661 g/mol. The molecule has 3 atom stereocenters. The maximum absolute atomic E-state index is 2.71. The van der Waals surface area contributed by atoms with Crippen LogP contribution in [0.4, 0.5) is 0 Å². The van der Waals surface area contributed by atoms with Gasteiger partial charge in [0.15, 0.2) is 0 Å². The van der Waals surface area contributed by atoms with Crippen molar-refractivity contribution in [3.8, 4) is 0 Å². The van der Waals surface area contributed by atoms with Gasteiger partial charge in [-0.15, -0.1) is 0 Å². The van der Waals surface area contributed by atoms with E-state index in [0.717, 1.165) is 6.42 Å². The molecule has 0 saturated carbocycles. The van der Waals surface area contributed by atoms with Crippen LogP contribution >= 0.6 is 0 Å². The lowest BCUT2D eigenvalue weighted by Crippen LogP contribution is -2.65. The van der Waals surface area contributed by atoms with Crippen LogP contribution in [0.2, 0.25) is 0 Å². The summed E-state index contributed by atoms with van der Waals surface area (Å²) in [6.07, 6.45) is 6.24. The van der Waals surface area contributed by atoms with E-state index in [-0.39, 0.29) is 32.5 Å². The molecule has 0 saturated heterocycles. The quantitative estimate of drug-likeness (QED) is 0.193. The summed E-state index contributed by atoms with van der Waals surface area (Å²) in [5, 5.41) is 6.07. The Morgan fingerprint density at radius 1 is 0.449 bits per heavy atom. The zero-order valence-corrected chi connectivity index (χ0v) is 36.0. The fourth-order valence-corrected chi connectivity index (χ4v) is 12.1. The Kier molecular flexibility index (Phi) is 8.57. The van der Waals surface area contributed by atoms with Crippen molar-refractivity contribution in [2.45, 2.75) is 159 Å². The van der Waals surface area contributed by atoms with E-state index in [4.69, 9.17) is 0 Å². The first-order chi connectivity index (χ1) is 22.1. The third-order valence-electron chi connectivity index (χ3n) is 17.1. The maximum atomic E-state index is 2.71. The highest BCUT2D eigenvalue weighted by molar-refractivity contribution is 6.11. The zero-order chi connectivity index (χ0) is 37.5. The molecule has 3 aromatic carbocycles. The molecule has 0 amide bonds. The van der Waals surface area contributed by atoms with E-state index in [9.17, 15) is 0 Å². The lowest BCUT2D eigenvalue weighted by atomic mass is 9.31. The predicted octanol–water partition coefficient (Wildman–Crippen LogP) is 14.6. The van der Waals surface area contributed by atoms with Crippen molar-refractivity contribution in [2.24, 2.45) is 44.3 Å². The van der Waals surface area contributed by atoms with Gasteiger partial charge in [-0.05, 0) is 179 Å². The van der Waals surface area contributed by atoms with Crippen LogP contribution in [0.1, 0.15) is 146 Å². The van der Waals surface area contributed by atoms with Gasteiger partial charge in [-0.1, -0.05) is 113 Å². The molecule has 0 aromatic heterocycles. The molecule has 2 aliphatic rings. The minimum Gasteiger partial charge on any atom is -0.0779 e. The molecule has 0 aliphatic heterocycles. The summed E-state index contributed by atoms with van der Waals surface area (Å²) >= 11 is 0. The van der Waals surface area contributed by atoms with Gasteiger partial charge in [0, 0.05) is 10.8 Å². The van der Waals surface area contributed by atoms with Crippen LogP contribution in [-0.2, 0) is 6.42 Å². The maximum Gasteiger partial charge on any atom is 0.00947 e. The van der Waals surface area contributed by atoms with E-state index >= 15 is 0 Å². The van der Waals surface area contributed by atoms with Crippen molar-refractivity contribution in [3.05, 3.63) is 78.9 Å². The molecule has 3 aromatic rings. The lowest BCUT2D eigenvalue weighted by molar-refractivity contribution is -0.136. The highest BCUT2D eigenvalue weighted by atomic mass is 14.7. The zero-order valence-electron chi connectivity index (χ0n) is 36.0. The van der Waals surface area contributed by atoms with Gasteiger partial charge in [-0.2, -0.15) is 0 Å². The summed E-state index contributed by atoms with van der Waals surface area (Å²) < 4.78 is 0. The third kappa shape index (κ3) is 4.40. The first-order valence-electron chi connectivity index (χ1n) is 19.5. The number of fused-ring (bicyclic) bond motifs is 2. The van der Waals surface area contributed by atoms with Gasteiger partial charge in [0.2, 0.25) is 0 Å². The Bertz CT molecular complexity index is 1900. The smallest absolute Gasteiger partial charge is 0.00947 e. The van der Waals surface area contributed by atoms with Crippen LogP contribution in [0, 0.1) is 107 Å². The largest absolute Gasteiger partial charge is 0.0779 e. The number of hydrogen-bond acceptors (Lipinski definition) is 0. The molecule has 49 heavy (non-hydrogen) atoms. The summed E-state index contributed by atoms with van der Waals surface area (Å²) in [4.78, 5) is 0. The molecule has 2 aliphatic carbocycles. The van der Waals surface area contributed by atoms with Crippen LogP contribution < -0.4 is 0 Å². The normalized spacial score (nSPS) is 27.6. The Morgan fingerprint density at radius 2 is 0.837 bits per heavy atom. The van der Waals surface area contributed by atoms with Gasteiger partial charge in [0.05, 0.1) is 0 Å². The molecular formula is C49H72. The van der Waals surface area contributed by atoms with E-state index in [1.54, 1.807) is 16.7 Å². The average molecular weight is 661 g/mol. The van der Waals surface area contributed by atoms with Crippen LogP contribution in [0.5, 0.6) is 0 Å². The van der Waals surface area contributed by atoms with Gasteiger partial charge in [-0.25, -0.2) is 0 Å². The Labute approximate surface area is 302 Å². The number of benzene rings is 3. The molecular weight excluding hydrogens is 589 g/mol. The number of rotatable bonds is 4. The molecule has 0 heterocycles. The summed E-state index contributed by atoms with van der Waals surface area (Å²) in [6.45, 7) is 55.0. The molecule has 0 bridgehead atoms. The standard InChI is InChI=1S/C49H72/c1-26(2)47(20)24-23-44(14,15)42-43(47)49(22,27(3)4)46(18,19)48(21,45(42,16)17)25-37-40-34(11)30(7)28(5)32(9)38(40)36(13)39-33(10)29(6)31(8)35(12)41(37)39/h23-24,26-27H,25H2,1-22H3. The van der Waals surface area contributed by atoms with Crippen molar-refractivity contribution in [2.75, 3.05) is 0 Å². The first-order valence-corrected chi connectivity index (χ1v) is 19.5. The number of allylic oxidation sites excluding steroid dienone is 4. The van der Waals surface area contributed by atoms with E-state index < -0.39 is 0 Å². The molecule has 5 rings (SSSR count). The van der Waals surface area contributed by atoms with Crippen molar-refractivity contribution < 1.29 is 0 Å². The SMILES string of the molecule is Cc1c(C)c(C)c2c(CC3(C)C(C)(C)C4=C(C(C)(C(C)C)C=CC4(C)C)C(C)(C(C)C)C3(C)C)c3c(C)c(C)c(C)c(C)c3c(C)c2c1C. The molecule has 268 valence electrons. The fraction of sp³-hybridized carbons (Fsp3) is 0.633. The topological polar surface area (TPSA) is 0 Å². The van der Waals surface area contributed by atoms with Gasteiger partial charge in [-0.3, -0.25) is 0 Å². The van der Waals surface area contributed by atoms with Crippen molar-refractivity contribution in [1.29, 1.82) is 0 Å². The second kappa shape index (κ2) is 11.1. The van der Waals surface area contributed by atoms with Crippen LogP contribution in [-0.4, -0.2) is 0 Å². The molecule has 0 spiro atoms. The predicted molar refractivity (Wildman–Crippen MR) is 219 cm³/mol. The first kappa shape index (κ1) is 37.9. The summed E-state index contributed by atoms with van der Waals surface area (Å²) in [6, 6.07) is 0. The number of aryl methyl sites for hydroxylation is 5. The van der Waals surface area contributed by atoms with E-state index in [1.165, 1.54) is 71.6 Å². The second-order valence-electron chi connectivity index (χ2n) is 20.0. The minimum atomic E-state index is -0.0699. The van der Waals surface area contributed by atoms with Crippen LogP contribution in [0.25, 0.3) is 21.5 Å². The minimum absolute atomic E-state index is 0.00761. The van der Waals surface area contributed by atoms with Crippen molar-refractivity contribution in [3.63, 3.8) is 0 Å². The fourth-order valence-electron chi connectivity index (χ4n) is 12.1. The second-order valence-corrected chi connectivity index (χ2v) is 20.0. The van der Waals surface area contributed by atoms with Gasteiger partial charge >= 0.3 is 0 Å². The van der Waals surface area contributed by atoms with E-state index in [2.05, 4.69) is 164 Å². The average Bonchev–Trinajstić information content (AvgIpc) is 3.00. The highest BCUT2D eigenvalue weighted by Crippen LogP contribution is 2.77. The molecule has 0 N–H and O–H groups in total. The van der Waals surface area contributed by atoms with E-state index in [0.29, 0.717) is 11.8 Å². The third-order valence-corrected chi connectivity index (χ3v) is 17.1. The Hall–Kier alpha value is -2.34. The van der Waals surface area contributed by atoms with Crippen molar-refractivity contribution in [1.82, 2.24) is 0 Å². The van der Waals surface area contributed by atoms with Crippen LogP contribution in [0.15, 0.2) is 23.3 Å². The number of hydrogen-bond donors (Lipinski definition) is 0. The van der Waals surface area contributed by atoms with Crippen molar-refractivity contribution >= 4 is 21.5 Å². The van der Waals surface area contributed by atoms with E-state index in [1.807, 2.05) is 0 Å². The van der Waals surface area contributed by atoms with Gasteiger partial charge in [0.25, 0.3) is 0 Å².